The minimum absolute atomic E-state index is 0.0574. The lowest BCUT2D eigenvalue weighted by Gasteiger charge is -2.35. The maximum absolute atomic E-state index is 12.2. The molecule has 3 rings (SSSR count). The van der Waals surface area contributed by atoms with Gasteiger partial charge in [0.1, 0.15) is 5.82 Å². The molecule has 148 valence electrons. The summed E-state index contributed by atoms with van der Waals surface area (Å²) in [4.78, 5) is 32.9. The minimum Gasteiger partial charge on any atom is -0.353 e. The van der Waals surface area contributed by atoms with Crippen LogP contribution >= 0.6 is 0 Å². The maximum Gasteiger partial charge on any atom is 0.228 e. The number of benzene rings is 1. The molecule has 0 unspecified atom stereocenters. The Labute approximate surface area is 166 Å². The van der Waals surface area contributed by atoms with E-state index in [-0.39, 0.29) is 11.8 Å². The van der Waals surface area contributed by atoms with E-state index >= 15 is 0 Å². The Morgan fingerprint density at radius 3 is 2.36 bits per heavy atom. The maximum atomic E-state index is 12.2. The number of nitrogens with one attached hydrogen (secondary N) is 1. The fourth-order valence-electron chi connectivity index (χ4n) is 3.30. The van der Waals surface area contributed by atoms with Crippen LogP contribution in [0.5, 0.6) is 0 Å². The Morgan fingerprint density at radius 2 is 1.75 bits per heavy atom. The van der Waals surface area contributed by atoms with Gasteiger partial charge in [-0.2, -0.15) is 0 Å². The van der Waals surface area contributed by atoms with E-state index in [1.54, 1.807) is 6.20 Å². The van der Waals surface area contributed by atoms with Crippen LogP contribution in [-0.2, 0) is 16.0 Å². The van der Waals surface area contributed by atoms with Crippen LogP contribution in [0.2, 0.25) is 0 Å². The second kappa shape index (κ2) is 9.35. The second-order valence-electron chi connectivity index (χ2n) is 7.58. The monoisotopic (exact) mass is 380 g/mol. The molecule has 0 aliphatic carbocycles. The van der Waals surface area contributed by atoms with Gasteiger partial charge in [0.25, 0.3) is 0 Å². The quantitative estimate of drug-likeness (QED) is 0.837. The standard InChI is InChI=1S/C22H28N4O2/c1-17(2)14-22(28)26-12-10-25(11-13-26)20-9-8-19(16-23-20)24-21(27)15-18-6-4-3-5-7-18/h3-9,16-17H,10-15H2,1-2H3,(H,24,27). The number of nitrogens with zero attached hydrogens (tertiary/aromatic N) is 3. The average Bonchev–Trinajstić information content (AvgIpc) is 2.69. The predicted molar refractivity (Wildman–Crippen MR) is 111 cm³/mol. The number of amides is 2. The van der Waals surface area contributed by atoms with Crippen LogP contribution in [0.4, 0.5) is 11.5 Å². The van der Waals surface area contributed by atoms with Gasteiger partial charge in [0.2, 0.25) is 11.8 Å². The highest BCUT2D eigenvalue weighted by atomic mass is 16.2. The summed E-state index contributed by atoms with van der Waals surface area (Å²) in [6.45, 7) is 7.13. The van der Waals surface area contributed by atoms with E-state index in [9.17, 15) is 9.59 Å². The fraction of sp³-hybridized carbons (Fsp3) is 0.409. The van der Waals surface area contributed by atoms with Gasteiger partial charge in [0, 0.05) is 32.6 Å². The summed E-state index contributed by atoms with van der Waals surface area (Å²) >= 11 is 0. The molecule has 2 amide bonds. The summed E-state index contributed by atoms with van der Waals surface area (Å²) in [5.41, 5.74) is 1.67. The van der Waals surface area contributed by atoms with Gasteiger partial charge >= 0.3 is 0 Å². The molecule has 1 N–H and O–H groups in total. The van der Waals surface area contributed by atoms with Crippen LogP contribution in [0, 0.1) is 5.92 Å². The van der Waals surface area contributed by atoms with E-state index in [0.717, 1.165) is 37.6 Å². The molecule has 1 aromatic heterocycles. The van der Waals surface area contributed by atoms with Gasteiger partial charge in [-0.05, 0) is 23.6 Å². The molecule has 0 spiro atoms. The van der Waals surface area contributed by atoms with E-state index in [2.05, 4.69) is 29.0 Å². The highest BCUT2D eigenvalue weighted by Crippen LogP contribution is 2.17. The Hall–Kier alpha value is -2.89. The first-order chi connectivity index (χ1) is 13.5. The van der Waals surface area contributed by atoms with E-state index in [1.165, 1.54) is 0 Å². The molecule has 1 aromatic carbocycles. The molecule has 0 atom stereocenters. The van der Waals surface area contributed by atoms with Crippen molar-refractivity contribution in [2.24, 2.45) is 5.92 Å². The molecular formula is C22H28N4O2. The molecule has 1 saturated heterocycles. The third-order valence-electron chi connectivity index (χ3n) is 4.78. The van der Waals surface area contributed by atoms with E-state index in [4.69, 9.17) is 0 Å². The molecule has 2 heterocycles. The van der Waals surface area contributed by atoms with Crippen molar-refractivity contribution in [1.82, 2.24) is 9.88 Å². The summed E-state index contributed by atoms with van der Waals surface area (Å²) in [5.74, 6) is 1.44. The van der Waals surface area contributed by atoms with Crippen LogP contribution in [0.25, 0.3) is 0 Å². The highest BCUT2D eigenvalue weighted by molar-refractivity contribution is 5.92. The number of carbonyl (C=O) groups is 2. The molecule has 2 aromatic rings. The number of pyridine rings is 1. The lowest BCUT2D eigenvalue weighted by molar-refractivity contribution is -0.132. The van der Waals surface area contributed by atoms with E-state index in [0.29, 0.717) is 24.4 Å². The Balaban J connectivity index is 1.49. The number of carbonyl (C=O) groups excluding carboxylic acids is 2. The van der Waals surface area contributed by atoms with Crippen LogP contribution in [0.3, 0.4) is 0 Å². The lowest BCUT2D eigenvalue weighted by atomic mass is 10.1. The molecule has 28 heavy (non-hydrogen) atoms. The second-order valence-corrected chi connectivity index (χ2v) is 7.58. The number of anilines is 2. The molecular weight excluding hydrogens is 352 g/mol. The van der Waals surface area contributed by atoms with Crippen molar-refractivity contribution in [3.63, 3.8) is 0 Å². The third kappa shape index (κ3) is 5.55. The summed E-state index contributed by atoms with van der Waals surface area (Å²) in [6.07, 6.45) is 2.64. The first kappa shape index (κ1) is 19.9. The molecule has 0 bridgehead atoms. The summed E-state index contributed by atoms with van der Waals surface area (Å²) in [5, 5.41) is 2.89. The van der Waals surface area contributed by atoms with Crippen molar-refractivity contribution in [1.29, 1.82) is 0 Å². The minimum atomic E-state index is -0.0574. The Morgan fingerprint density at radius 1 is 1.04 bits per heavy atom. The summed E-state index contributed by atoms with van der Waals surface area (Å²) in [6, 6.07) is 13.5. The van der Waals surface area contributed by atoms with Gasteiger partial charge in [-0.3, -0.25) is 9.59 Å². The number of hydrogen-bond acceptors (Lipinski definition) is 4. The number of aromatic nitrogens is 1. The zero-order valence-electron chi connectivity index (χ0n) is 16.6. The van der Waals surface area contributed by atoms with E-state index < -0.39 is 0 Å². The van der Waals surface area contributed by atoms with Crippen LogP contribution in [0.1, 0.15) is 25.8 Å². The molecule has 6 nitrogen and oxygen atoms in total. The summed E-state index contributed by atoms with van der Waals surface area (Å²) in [7, 11) is 0. The molecule has 6 heteroatoms. The molecule has 1 fully saturated rings. The number of piperazine rings is 1. The average molecular weight is 380 g/mol. The SMILES string of the molecule is CC(C)CC(=O)N1CCN(c2ccc(NC(=O)Cc3ccccc3)cn2)CC1. The predicted octanol–water partition coefficient (Wildman–Crippen LogP) is 2.96. The number of hydrogen-bond donors (Lipinski definition) is 1. The zero-order valence-corrected chi connectivity index (χ0v) is 16.6. The van der Waals surface area contributed by atoms with Crippen molar-refractivity contribution in [2.45, 2.75) is 26.7 Å². The van der Waals surface area contributed by atoms with Crippen LogP contribution < -0.4 is 10.2 Å². The third-order valence-corrected chi connectivity index (χ3v) is 4.78. The highest BCUT2D eigenvalue weighted by Gasteiger charge is 2.22. The van der Waals surface area contributed by atoms with Gasteiger partial charge in [-0.25, -0.2) is 4.98 Å². The van der Waals surface area contributed by atoms with Gasteiger partial charge in [0.05, 0.1) is 18.3 Å². The van der Waals surface area contributed by atoms with Crippen LogP contribution in [-0.4, -0.2) is 47.9 Å². The Bertz CT molecular complexity index is 782. The normalized spacial score (nSPS) is 14.2. The van der Waals surface area contributed by atoms with Gasteiger partial charge in [-0.1, -0.05) is 44.2 Å². The smallest absolute Gasteiger partial charge is 0.228 e. The van der Waals surface area contributed by atoms with Crippen molar-refractivity contribution >= 4 is 23.3 Å². The van der Waals surface area contributed by atoms with Gasteiger partial charge in [-0.15, -0.1) is 0 Å². The van der Waals surface area contributed by atoms with Crippen molar-refractivity contribution in [2.75, 3.05) is 36.4 Å². The molecule has 1 aliphatic heterocycles. The van der Waals surface area contributed by atoms with Gasteiger partial charge < -0.3 is 15.1 Å². The summed E-state index contributed by atoms with van der Waals surface area (Å²) < 4.78 is 0. The van der Waals surface area contributed by atoms with Gasteiger partial charge in [0.15, 0.2) is 0 Å². The van der Waals surface area contributed by atoms with Crippen LogP contribution in [0.15, 0.2) is 48.7 Å². The zero-order chi connectivity index (χ0) is 19.9. The molecule has 0 radical (unpaired) electrons. The first-order valence-electron chi connectivity index (χ1n) is 9.84. The fourth-order valence-corrected chi connectivity index (χ4v) is 3.30. The van der Waals surface area contributed by atoms with Crippen molar-refractivity contribution in [3.8, 4) is 0 Å². The molecule has 1 aliphatic rings. The lowest BCUT2D eigenvalue weighted by Crippen LogP contribution is -2.49. The van der Waals surface area contributed by atoms with Crippen molar-refractivity contribution < 1.29 is 9.59 Å². The van der Waals surface area contributed by atoms with E-state index in [1.807, 2.05) is 47.4 Å². The largest absolute Gasteiger partial charge is 0.353 e. The molecule has 0 saturated carbocycles. The number of rotatable bonds is 6. The topological polar surface area (TPSA) is 65.5 Å². The first-order valence-corrected chi connectivity index (χ1v) is 9.84. The van der Waals surface area contributed by atoms with Crippen molar-refractivity contribution in [3.05, 3.63) is 54.2 Å². The Kier molecular flexibility index (Phi) is 6.63.